The largest absolute Gasteiger partial charge is 0.494 e. The predicted molar refractivity (Wildman–Crippen MR) is 105 cm³/mol. The van der Waals surface area contributed by atoms with E-state index >= 15 is 0 Å². The van der Waals surface area contributed by atoms with Crippen LogP contribution in [0.4, 0.5) is 0 Å². The molecule has 2 aromatic rings. The molecule has 0 radical (unpaired) electrons. The van der Waals surface area contributed by atoms with E-state index in [1.165, 1.54) is 5.56 Å². The minimum absolute atomic E-state index is 0.0103. The van der Waals surface area contributed by atoms with Gasteiger partial charge in [-0.15, -0.1) is 11.8 Å². The zero-order valence-corrected chi connectivity index (χ0v) is 16.3. The molecule has 0 bridgehead atoms. The smallest absolute Gasteiger partial charge is 0.233 e. The summed E-state index contributed by atoms with van der Waals surface area (Å²) < 4.78 is 11.6. The van der Waals surface area contributed by atoms with Crippen LogP contribution in [-0.4, -0.2) is 23.9 Å². The molecule has 1 amide bonds. The summed E-state index contributed by atoms with van der Waals surface area (Å²) >= 11 is 1.55. The van der Waals surface area contributed by atoms with Crippen molar-refractivity contribution in [1.29, 1.82) is 0 Å². The highest BCUT2D eigenvalue weighted by atomic mass is 32.2. The van der Waals surface area contributed by atoms with Crippen molar-refractivity contribution in [3.8, 4) is 11.5 Å². The van der Waals surface area contributed by atoms with E-state index in [1.54, 1.807) is 11.8 Å². The van der Waals surface area contributed by atoms with Crippen molar-refractivity contribution in [3.05, 3.63) is 53.6 Å². The number of fused-ring (bicyclic) bond motifs is 1. The van der Waals surface area contributed by atoms with Crippen LogP contribution < -0.4 is 14.8 Å². The Hall–Kier alpha value is -2.14. The molecule has 0 spiro atoms. The van der Waals surface area contributed by atoms with Gasteiger partial charge in [0, 0.05) is 29.0 Å². The predicted octanol–water partition coefficient (Wildman–Crippen LogP) is 4.21. The number of amides is 1. The van der Waals surface area contributed by atoms with Crippen LogP contribution in [0, 0.1) is 0 Å². The molecule has 26 heavy (non-hydrogen) atoms. The molecule has 3 rings (SSSR count). The first-order valence-corrected chi connectivity index (χ1v) is 9.89. The van der Waals surface area contributed by atoms with Gasteiger partial charge in [0.1, 0.15) is 17.6 Å². The Bertz CT molecular complexity index is 763. The fourth-order valence-electron chi connectivity index (χ4n) is 2.99. The van der Waals surface area contributed by atoms with E-state index in [0.717, 1.165) is 28.4 Å². The third-order valence-electron chi connectivity index (χ3n) is 4.26. The normalized spacial score (nSPS) is 16.5. The Morgan fingerprint density at radius 3 is 2.85 bits per heavy atom. The van der Waals surface area contributed by atoms with E-state index in [1.807, 2.05) is 56.3 Å². The van der Waals surface area contributed by atoms with Crippen LogP contribution in [0.15, 0.2) is 47.4 Å². The number of hydrogen-bond acceptors (Lipinski definition) is 4. The highest BCUT2D eigenvalue weighted by molar-refractivity contribution is 8.00. The summed E-state index contributed by atoms with van der Waals surface area (Å²) in [7, 11) is 0. The van der Waals surface area contributed by atoms with Crippen molar-refractivity contribution in [3.63, 3.8) is 0 Å². The number of rotatable bonds is 7. The molecule has 1 heterocycles. The number of nitrogens with one attached hydrogen (secondary N) is 1. The molecule has 0 fully saturated rings. The third kappa shape index (κ3) is 4.52. The summed E-state index contributed by atoms with van der Waals surface area (Å²) in [4.78, 5) is 13.6. The zero-order valence-electron chi connectivity index (χ0n) is 15.5. The fourth-order valence-corrected chi connectivity index (χ4v) is 3.91. The van der Waals surface area contributed by atoms with Gasteiger partial charge in [0.2, 0.25) is 5.91 Å². The molecule has 0 aliphatic carbocycles. The third-order valence-corrected chi connectivity index (χ3v) is 5.37. The molecule has 2 aromatic carbocycles. The molecule has 0 saturated carbocycles. The first-order valence-electron chi connectivity index (χ1n) is 9.01. The summed E-state index contributed by atoms with van der Waals surface area (Å²) in [6, 6.07) is 14.0. The molecular weight excluding hydrogens is 346 g/mol. The van der Waals surface area contributed by atoms with Crippen LogP contribution in [0.2, 0.25) is 0 Å². The van der Waals surface area contributed by atoms with E-state index in [0.29, 0.717) is 13.2 Å². The number of benzene rings is 2. The first kappa shape index (κ1) is 18.6. The van der Waals surface area contributed by atoms with Crippen molar-refractivity contribution >= 4 is 17.7 Å². The van der Waals surface area contributed by atoms with Crippen molar-refractivity contribution in [2.45, 2.75) is 50.0 Å². The van der Waals surface area contributed by atoms with Crippen LogP contribution in [0.5, 0.6) is 11.5 Å². The Morgan fingerprint density at radius 2 is 2.12 bits per heavy atom. The van der Waals surface area contributed by atoms with Gasteiger partial charge >= 0.3 is 0 Å². The number of ether oxygens (including phenoxy) is 2. The molecular formula is C21H25NO3S. The second kappa shape index (κ2) is 8.49. The lowest BCUT2D eigenvalue weighted by molar-refractivity contribution is -0.120. The fraction of sp³-hybridized carbons (Fsp3) is 0.381. The Labute approximate surface area is 159 Å². The van der Waals surface area contributed by atoms with Gasteiger partial charge in [0.15, 0.2) is 0 Å². The van der Waals surface area contributed by atoms with Crippen molar-refractivity contribution in [2.75, 3.05) is 6.61 Å². The molecule has 1 aliphatic heterocycles. The second-order valence-electron chi connectivity index (χ2n) is 6.42. The second-order valence-corrected chi connectivity index (χ2v) is 7.84. The van der Waals surface area contributed by atoms with Crippen molar-refractivity contribution < 1.29 is 14.3 Å². The molecule has 0 saturated heterocycles. The van der Waals surface area contributed by atoms with Crippen molar-refractivity contribution in [1.82, 2.24) is 5.32 Å². The number of carbonyl (C=O) groups excluding carboxylic acids is 1. The highest BCUT2D eigenvalue weighted by Gasteiger charge is 2.22. The molecule has 1 aliphatic rings. The van der Waals surface area contributed by atoms with Gasteiger partial charge in [-0.3, -0.25) is 4.79 Å². The Kier molecular flexibility index (Phi) is 6.09. The maximum Gasteiger partial charge on any atom is 0.233 e. The van der Waals surface area contributed by atoms with Gasteiger partial charge in [0.25, 0.3) is 0 Å². The molecule has 138 valence electrons. The Morgan fingerprint density at radius 1 is 1.35 bits per heavy atom. The summed E-state index contributed by atoms with van der Waals surface area (Å²) in [5.74, 6) is 1.74. The average Bonchev–Trinajstić information content (AvgIpc) is 2.99. The minimum atomic E-state index is -0.168. The maximum absolute atomic E-state index is 12.5. The van der Waals surface area contributed by atoms with Crippen LogP contribution in [0.1, 0.15) is 31.9 Å². The molecule has 0 aromatic heterocycles. The lowest BCUT2D eigenvalue weighted by atomic mass is 10.1. The van der Waals surface area contributed by atoms with Gasteiger partial charge in [0.05, 0.1) is 11.9 Å². The lowest BCUT2D eigenvalue weighted by Gasteiger charge is -2.15. The summed E-state index contributed by atoms with van der Waals surface area (Å²) in [6.45, 7) is 6.97. The number of thioether (sulfide) groups is 1. The summed E-state index contributed by atoms with van der Waals surface area (Å²) in [5.41, 5.74) is 2.12. The molecule has 1 N–H and O–H groups in total. The molecule has 5 heteroatoms. The summed E-state index contributed by atoms with van der Waals surface area (Å²) in [5, 5.41) is 2.86. The van der Waals surface area contributed by atoms with E-state index in [4.69, 9.17) is 9.47 Å². The van der Waals surface area contributed by atoms with E-state index < -0.39 is 0 Å². The van der Waals surface area contributed by atoms with Crippen LogP contribution in [0.3, 0.4) is 0 Å². The maximum atomic E-state index is 12.5. The standard InChI is InChI=1S/C21H25NO3S/c1-4-24-19-11-16-10-14(2)25-20(16)12-17(19)13-22-21(23)15(3)26-18-8-6-5-7-9-18/h5-9,11-12,14-15H,4,10,13H2,1-3H3,(H,22,23)/t14-,15+/m0/s1. The van der Waals surface area contributed by atoms with E-state index in [2.05, 4.69) is 12.2 Å². The lowest BCUT2D eigenvalue weighted by Crippen LogP contribution is -2.30. The zero-order chi connectivity index (χ0) is 18.5. The van der Waals surface area contributed by atoms with E-state index in [9.17, 15) is 4.79 Å². The van der Waals surface area contributed by atoms with E-state index in [-0.39, 0.29) is 17.3 Å². The number of hydrogen-bond donors (Lipinski definition) is 1. The molecule has 0 unspecified atom stereocenters. The average molecular weight is 372 g/mol. The quantitative estimate of drug-likeness (QED) is 0.741. The monoisotopic (exact) mass is 371 g/mol. The number of carbonyl (C=O) groups is 1. The topological polar surface area (TPSA) is 47.6 Å². The van der Waals surface area contributed by atoms with Gasteiger partial charge in [-0.05, 0) is 45.0 Å². The van der Waals surface area contributed by atoms with Gasteiger partial charge < -0.3 is 14.8 Å². The SMILES string of the molecule is CCOc1cc2c(cc1CNC(=O)[C@@H](C)Sc1ccccc1)O[C@@H](C)C2. The minimum Gasteiger partial charge on any atom is -0.494 e. The first-order chi connectivity index (χ1) is 12.6. The highest BCUT2D eigenvalue weighted by Crippen LogP contribution is 2.35. The van der Waals surface area contributed by atoms with Gasteiger partial charge in [-0.25, -0.2) is 0 Å². The van der Waals surface area contributed by atoms with Crippen LogP contribution >= 0.6 is 11.8 Å². The van der Waals surface area contributed by atoms with Crippen LogP contribution in [-0.2, 0) is 17.8 Å². The summed E-state index contributed by atoms with van der Waals surface area (Å²) in [6.07, 6.45) is 1.08. The Balaban J connectivity index is 1.65. The molecule has 4 nitrogen and oxygen atoms in total. The van der Waals surface area contributed by atoms with Crippen molar-refractivity contribution in [2.24, 2.45) is 0 Å². The van der Waals surface area contributed by atoms with Crippen LogP contribution in [0.25, 0.3) is 0 Å². The molecule has 2 atom stereocenters. The van der Waals surface area contributed by atoms with Gasteiger partial charge in [-0.2, -0.15) is 0 Å². The van der Waals surface area contributed by atoms with Gasteiger partial charge in [-0.1, -0.05) is 18.2 Å².